The summed E-state index contributed by atoms with van der Waals surface area (Å²) in [6, 6.07) is 2.25. The number of nitro benzene ring substituents is 1. The Morgan fingerprint density at radius 1 is 1.37 bits per heavy atom. The molecule has 0 aliphatic carbocycles. The first-order valence-corrected chi connectivity index (χ1v) is 5.18. The van der Waals surface area contributed by atoms with Gasteiger partial charge in [-0.3, -0.25) is 10.1 Å². The minimum absolute atomic E-state index is 0.0547. The van der Waals surface area contributed by atoms with Crippen LogP contribution >= 0.6 is 0 Å². The highest BCUT2D eigenvalue weighted by molar-refractivity contribution is 5.64. The quantitative estimate of drug-likeness (QED) is 0.521. The van der Waals surface area contributed by atoms with Gasteiger partial charge in [0.1, 0.15) is 5.69 Å². The molecule has 102 valence electrons. The van der Waals surface area contributed by atoms with E-state index in [-0.39, 0.29) is 5.69 Å². The lowest BCUT2D eigenvalue weighted by atomic mass is 10.1. The smallest absolute Gasteiger partial charge is 0.364 e. The molecule has 1 rings (SSSR count). The summed E-state index contributed by atoms with van der Waals surface area (Å²) in [4.78, 5) is 9.94. The fourth-order valence-electron chi connectivity index (χ4n) is 1.34. The van der Waals surface area contributed by atoms with Gasteiger partial charge in [0.05, 0.1) is 16.0 Å². The lowest BCUT2D eigenvalue weighted by molar-refractivity contribution is -0.384. The van der Waals surface area contributed by atoms with E-state index in [9.17, 15) is 23.3 Å². The fraction of sp³-hybridized carbons (Fsp3) is 0.333. The summed E-state index contributed by atoms with van der Waals surface area (Å²) >= 11 is 0. The molecular formula is C12H11F3N2O2. The fourth-order valence-corrected chi connectivity index (χ4v) is 1.34. The van der Waals surface area contributed by atoms with Crippen LogP contribution in [0.1, 0.15) is 19.4 Å². The molecule has 0 amide bonds. The molecule has 4 nitrogen and oxygen atoms in total. The highest BCUT2D eigenvalue weighted by atomic mass is 19.4. The molecule has 0 bridgehead atoms. The molecule has 0 aliphatic heterocycles. The third-order valence-electron chi connectivity index (χ3n) is 2.33. The average molecular weight is 272 g/mol. The lowest BCUT2D eigenvalue weighted by Gasteiger charge is -2.21. The van der Waals surface area contributed by atoms with Gasteiger partial charge in [0.25, 0.3) is 5.69 Å². The molecule has 0 radical (unpaired) electrons. The predicted molar refractivity (Wildman–Crippen MR) is 64.6 cm³/mol. The second-order valence-corrected chi connectivity index (χ2v) is 4.38. The number of nitro groups is 1. The second-order valence-electron chi connectivity index (χ2n) is 4.38. The molecule has 0 aliphatic rings. The van der Waals surface area contributed by atoms with Crippen molar-refractivity contribution in [1.29, 1.82) is 0 Å². The van der Waals surface area contributed by atoms with E-state index < -0.39 is 27.9 Å². The molecule has 0 atom stereocenters. The van der Waals surface area contributed by atoms with Crippen LogP contribution in [0.5, 0.6) is 0 Å². The van der Waals surface area contributed by atoms with E-state index in [1.165, 1.54) is 0 Å². The van der Waals surface area contributed by atoms with Crippen molar-refractivity contribution in [2.75, 3.05) is 5.32 Å². The van der Waals surface area contributed by atoms with Crippen LogP contribution in [-0.2, 0) is 6.18 Å². The number of alkyl halides is 3. The van der Waals surface area contributed by atoms with Crippen LogP contribution < -0.4 is 5.32 Å². The van der Waals surface area contributed by atoms with Crippen molar-refractivity contribution in [1.82, 2.24) is 0 Å². The normalized spacial score (nSPS) is 11.8. The highest BCUT2D eigenvalue weighted by Crippen LogP contribution is 2.35. The van der Waals surface area contributed by atoms with Crippen molar-refractivity contribution in [2.24, 2.45) is 0 Å². The van der Waals surface area contributed by atoms with Crippen LogP contribution in [0.15, 0.2) is 18.2 Å². The Hall–Kier alpha value is -2.23. The van der Waals surface area contributed by atoms with Gasteiger partial charge in [0.2, 0.25) is 0 Å². The van der Waals surface area contributed by atoms with Crippen molar-refractivity contribution in [2.45, 2.75) is 25.6 Å². The number of hydrogen-bond acceptors (Lipinski definition) is 3. The van der Waals surface area contributed by atoms with Crippen molar-refractivity contribution < 1.29 is 18.1 Å². The van der Waals surface area contributed by atoms with E-state index in [4.69, 9.17) is 6.42 Å². The summed E-state index contributed by atoms with van der Waals surface area (Å²) in [5.41, 5.74) is -2.72. The summed E-state index contributed by atoms with van der Waals surface area (Å²) < 4.78 is 37.5. The molecule has 0 saturated heterocycles. The van der Waals surface area contributed by atoms with Crippen LogP contribution in [0.3, 0.4) is 0 Å². The van der Waals surface area contributed by atoms with Crippen LogP contribution in [0.2, 0.25) is 0 Å². The second kappa shape index (κ2) is 4.80. The van der Waals surface area contributed by atoms with Gasteiger partial charge < -0.3 is 5.32 Å². The van der Waals surface area contributed by atoms with E-state index in [0.29, 0.717) is 6.07 Å². The maximum absolute atomic E-state index is 12.5. The summed E-state index contributed by atoms with van der Waals surface area (Å²) in [7, 11) is 0. The highest BCUT2D eigenvalue weighted by Gasteiger charge is 2.33. The minimum Gasteiger partial charge on any atom is -0.364 e. The number of benzene rings is 1. The van der Waals surface area contributed by atoms with Gasteiger partial charge in [-0.15, -0.1) is 6.42 Å². The third kappa shape index (κ3) is 3.61. The summed E-state index contributed by atoms with van der Waals surface area (Å²) in [5, 5.41) is 13.5. The number of anilines is 1. The Bertz CT molecular complexity index is 545. The number of nitrogens with zero attached hydrogens (tertiary/aromatic N) is 1. The zero-order valence-corrected chi connectivity index (χ0v) is 10.2. The minimum atomic E-state index is -4.63. The van der Waals surface area contributed by atoms with E-state index in [2.05, 4.69) is 11.2 Å². The summed E-state index contributed by atoms with van der Waals surface area (Å²) in [5.74, 6) is 2.34. The molecule has 0 unspecified atom stereocenters. The maximum atomic E-state index is 12.5. The first kappa shape index (κ1) is 14.8. The molecule has 0 saturated carbocycles. The Kier molecular flexibility index (Phi) is 3.75. The molecule has 0 spiro atoms. The molecule has 1 N–H and O–H groups in total. The molecule has 0 fully saturated rings. The van der Waals surface area contributed by atoms with Gasteiger partial charge in [-0.25, -0.2) is 0 Å². The SMILES string of the molecule is C#CC(C)(C)Nc1ccc(C(F)(F)F)cc1[N+](=O)[O-]. The molecular weight excluding hydrogens is 261 g/mol. The molecule has 7 heteroatoms. The van der Waals surface area contributed by atoms with E-state index in [1.54, 1.807) is 13.8 Å². The lowest BCUT2D eigenvalue weighted by Crippen LogP contribution is -2.28. The third-order valence-corrected chi connectivity index (χ3v) is 2.33. The van der Waals surface area contributed by atoms with Gasteiger partial charge in [-0.2, -0.15) is 13.2 Å². The van der Waals surface area contributed by atoms with E-state index in [1.807, 2.05) is 0 Å². The zero-order chi connectivity index (χ0) is 14.8. The molecule has 1 aromatic rings. The molecule has 1 aromatic carbocycles. The first-order valence-electron chi connectivity index (χ1n) is 5.18. The van der Waals surface area contributed by atoms with Crippen molar-refractivity contribution >= 4 is 11.4 Å². The van der Waals surface area contributed by atoms with Crippen LogP contribution in [-0.4, -0.2) is 10.5 Å². The molecule has 19 heavy (non-hydrogen) atoms. The summed E-state index contributed by atoms with van der Waals surface area (Å²) in [6.07, 6.45) is 0.583. The van der Waals surface area contributed by atoms with Crippen LogP contribution in [0.4, 0.5) is 24.5 Å². The van der Waals surface area contributed by atoms with Gasteiger partial charge in [-0.1, -0.05) is 5.92 Å². The van der Waals surface area contributed by atoms with Crippen LogP contribution in [0.25, 0.3) is 0 Å². The first-order chi connectivity index (χ1) is 8.57. The van der Waals surface area contributed by atoms with Gasteiger partial charge in [0.15, 0.2) is 0 Å². The van der Waals surface area contributed by atoms with E-state index in [0.717, 1.165) is 12.1 Å². The molecule has 0 heterocycles. The Morgan fingerprint density at radius 3 is 2.37 bits per heavy atom. The Morgan fingerprint density at radius 2 is 1.95 bits per heavy atom. The standard InChI is InChI=1S/C12H11F3N2O2/c1-4-11(2,3)16-9-6-5-8(12(13,14)15)7-10(9)17(18)19/h1,5-7,16H,2-3H3. The van der Waals surface area contributed by atoms with Gasteiger partial charge in [-0.05, 0) is 26.0 Å². The Labute approximate surface area is 107 Å². The number of halogens is 3. The van der Waals surface area contributed by atoms with Crippen LogP contribution in [0, 0.1) is 22.5 Å². The number of terminal acetylenes is 1. The summed E-state index contributed by atoms with van der Waals surface area (Å²) in [6.45, 7) is 3.16. The number of nitrogens with one attached hydrogen (secondary N) is 1. The topological polar surface area (TPSA) is 55.2 Å². The Balaban J connectivity index is 3.29. The maximum Gasteiger partial charge on any atom is 0.416 e. The number of rotatable bonds is 3. The zero-order valence-electron chi connectivity index (χ0n) is 10.2. The number of hydrogen-bond donors (Lipinski definition) is 1. The average Bonchev–Trinajstić information content (AvgIpc) is 2.27. The van der Waals surface area contributed by atoms with E-state index >= 15 is 0 Å². The van der Waals surface area contributed by atoms with Crippen molar-refractivity contribution in [3.8, 4) is 12.3 Å². The molecule has 0 aromatic heterocycles. The van der Waals surface area contributed by atoms with Gasteiger partial charge in [0, 0.05) is 6.07 Å². The monoisotopic (exact) mass is 272 g/mol. The van der Waals surface area contributed by atoms with Crippen molar-refractivity contribution in [3.05, 3.63) is 33.9 Å². The van der Waals surface area contributed by atoms with Crippen molar-refractivity contribution in [3.63, 3.8) is 0 Å². The largest absolute Gasteiger partial charge is 0.416 e. The van der Waals surface area contributed by atoms with Gasteiger partial charge >= 0.3 is 6.18 Å². The predicted octanol–water partition coefficient (Wildman–Crippen LogP) is 3.44.